The molecule has 1 amide bonds. The van der Waals surface area contributed by atoms with Crippen LogP contribution < -0.4 is 26.5 Å². The van der Waals surface area contributed by atoms with Crippen LogP contribution in [0.3, 0.4) is 0 Å². The van der Waals surface area contributed by atoms with E-state index < -0.39 is 17.2 Å². The number of nitrogens with one attached hydrogen (secondary N) is 1. The lowest BCUT2D eigenvalue weighted by Gasteiger charge is -2.34. The first-order valence-corrected chi connectivity index (χ1v) is 16.3. The molecule has 2 aliphatic heterocycles. The van der Waals surface area contributed by atoms with Crippen LogP contribution in [0.1, 0.15) is 16.8 Å². The van der Waals surface area contributed by atoms with Gasteiger partial charge >= 0.3 is 0 Å². The molecule has 1 N–H and O–H groups in total. The number of pyridine rings is 1. The highest BCUT2D eigenvalue weighted by atomic mass is 19.1. The highest BCUT2D eigenvalue weighted by Crippen LogP contribution is 2.37. The Morgan fingerprint density at radius 3 is 2.25 bits per heavy atom. The number of likely N-dealkylation sites (N-methyl/N-ethyl adjacent to an activating group) is 1. The van der Waals surface area contributed by atoms with Crippen LogP contribution in [-0.2, 0) is 4.74 Å². The van der Waals surface area contributed by atoms with Crippen molar-refractivity contribution in [3.05, 3.63) is 90.7 Å². The summed E-state index contributed by atoms with van der Waals surface area (Å²) in [5.41, 5.74) is -0.214. The first-order valence-electron chi connectivity index (χ1n) is 16.3. The van der Waals surface area contributed by atoms with Crippen LogP contribution in [0.25, 0.3) is 49.1 Å². The van der Waals surface area contributed by atoms with Crippen molar-refractivity contribution in [3.8, 4) is 0 Å². The average Bonchev–Trinajstić information content (AvgIpc) is 3.10. The Bertz CT molecular complexity index is 2430. The van der Waals surface area contributed by atoms with Crippen molar-refractivity contribution in [3.63, 3.8) is 0 Å². The molecule has 0 spiro atoms. The maximum absolute atomic E-state index is 16.2. The van der Waals surface area contributed by atoms with Gasteiger partial charge in [0.25, 0.3) is 5.91 Å². The zero-order valence-electron chi connectivity index (χ0n) is 26.5. The predicted octanol–water partition coefficient (Wildman–Crippen LogP) is 3.01. The van der Waals surface area contributed by atoms with E-state index >= 15 is 4.39 Å². The van der Waals surface area contributed by atoms with Gasteiger partial charge < -0.3 is 28.7 Å². The Morgan fingerprint density at radius 2 is 1.54 bits per heavy atom. The fourth-order valence-electron chi connectivity index (χ4n) is 7.11. The number of fused-ring (bicyclic) bond motifs is 4. The predicted molar refractivity (Wildman–Crippen MR) is 184 cm³/mol. The van der Waals surface area contributed by atoms with E-state index in [1.807, 2.05) is 11.9 Å². The van der Waals surface area contributed by atoms with Gasteiger partial charge in [-0.15, -0.1) is 0 Å². The number of benzene rings is 4. The highest BCUT2D eigenvalue weighted by molar-refractivity contribution is 6.08. The Labute approximate surface area is 273 Å². The number of ether oxygens (including phenoxy) is 1. The first kappa shape index (κ1) is 30.4. The fraction of sp³-hybridized carbons (Fsp3) is 0.333. The summed E-state index contributed by atoms with van der Waals surface area (Å²) in [5, 5.41) is 3.81. The zero-order chi connectivity index (χ0) is 33.1. The molecule has 0 aliphatic carbocycles. The van der Waals surface area contributed by atoms with Crippen LogP contribution in [0.2, 0.25) is 0 Å². The van der Waals surface area contributed by atoms with Crippen LogP contribution >= 0.6 is 0 Å². The first-order chi connectivity index (χ1) is 23.3. The van der Waals surface area contributed by atoms with Crippen LogP contribution in [0.5, 0.6) is 0 Å². The van der Waals surface area contributed by atoms with Crippen molar-refractivity contribution in [2.75, 3.05) is 77.5 Å². The zero-order valence-corrected chi connectivity index (χ0v) is 26.5. The molecule has 0 radical (unpaired) electrons. The molecular formula is C36H34FN5O6. The van der Waals surface area contributed by atoms with Crippen molar-refractivity contribution in [2.24, 2.45) is 0 Å². The van der Waals surface area contributed by atoms with E-state index in [1.165, 1.54) is 18.3 Å². The van der Waals surface area contributed by atoms with Crippen LogP contribution in [0.4, 0.5) is 10.1 Å². The van der Waals surface area contributed by atoms with E-state index in [2.05, 4.69) is 15.1 Å². The highest BCUT2D eigenvalue weighted by Gasteiger charge is 2.27. The largest absolute Gasteiger partial charge is 0.451 e. The van der Waals surface area contributed by atoms with Gasteiger partial charge in [0, 0.05) is 73.6 Å². The summed E-state index contributed by atoms with van der Waals surface area (Å²) in [6.07, 6.45) is 2.12. The normalized spacial score (nSPS) is 16.6. The Morgan fingerprint density at radius 1 is 0.854 bits per heavy atom. The van der Waals surface area contributed by atoms with Gasteiger partial charge in [-0.1, -0.05) is 24.3 Å². The lowest BCUT2D eigenvalue weighted by Crippen LogP contribution is -2.45. The summed E-state index contributed by atoms with van der Waals surface area (Å²) in [7, 11) is 2.00. The number of carbonyl (C=O) groups excluding carboxylic acids is 1. The van der Waals surface area contributed by atoms with Crippen molar-refractivity contribution in [1.82, 2.24) is 19.5 Å². The minimum absolute atomic E-state index is 0.0162. The molecule has 2 aromatic heterocycles. The van der Waals surface area contributed by atoms with Gasteiger partial charge in [0.15, 0.2) is 27.8 Å². The maximum atomic E-state index is 16.2. The number of morpholine rings is 1. The van der Waals surface area contributed by atoms with Gasteiger partial charge in [-0.25, -0.2) is 4.39 Å². The number of nitrogens with zero attached hydrogens (tertiary/aromatic N) is 4. The SMILES string of the molecule is CN1CCN(c2c(F)cc3c(=O)c(C(=O)NCCCN4CCOCC4)cn4c5cc6c(=O)c7ccccc7c(=O)c6cc5oc2c34)CC1. The van der Waals surface area contributed by atoms with Gasteiger partial charge in [0.05, 0.1) is 24.1 Å². The molecule has 8 rings (SSSR count). The molecule has 6 aromatic rings. The minimum atomic E-state index is -0.643. The Kier molecular flexibility index (Phi) is 7.58. The van der Waals surface area contributed by atoms with E-state index in [0.717, 1.165) is 19.6 Å². The van der Waals surface area contributed by atoms with E-state index in [1.54, 1.807) is 34.7 Å². The second kappa shape index (κ2) is 12.0. The standard InChI is InChI=1S/C36H34FN5O6/c1-39-9-11-41(12-10-39)31-27(37)17-25-30-35(31)48-29-19-24-23(32(43)21-5-2-3-6-22(21)33(24)44)18-28(29)42(30)20-26(34(25)45)36(46)38-7-4-8-40-13-15-47-16-14-40/h2-3,5-6,17-20H,4,7-16H2,1H3,(H,38,46). The summed E-state index contributed by atoms with van der Waals surface area (Å²) >= 11 is 0. The molecule has 48 heavy (non-hydrogen) atoms. The molecule has 4 aromatic carbocycles. The second-order valence-corrected chi connectivity index (χ2v) is 12.7. The molecule has 0 unspecified atom stereocenters. The third kappa shape index (κ3) is 4.99. The van der Waals surface area contributed by atoms with Crippen LogP contribution in [0, 0.1) is 5.82 Å². The van der Waals surface area contributed by atoms with Gasteiger partial charge in [0.2, 0.25) is 5.43 Å². The molecule has 4 heterocycles. The van der Waals surface area contributed by atoms with Crippen molar-refractivity contribution in [1.29, 1.82) is 0 Å². The van der Waals surface area contributed by atoms with E-state index in [4.69, 9.17) is 9.15 Å². The second-order valence-electron chi connectivity index (χ2n) is 12.7. The van der Waals surface area contributed by atoms with Gasteiger partial charge in [0.1, 0.15) is 16.8 Å². The number of aromatic nitrogens is 1. The molecule has 12 heteroatoms. The molecule has 0 bridgehead atoms. The molecule has 2 fully saturated rings. The number of hydrogen-bond donors (Lipinski definition) is 1. The molecule has 2 aliphatic rings. The number of amides is 1. The minimum Gasteiger partial charge on any atom is -0.451 e. The average molecular weight is 652 g/mol. The van der Waals surface area contributed by atoms with Crippen molar-refractivity contribution >= 4 is 60.7 Å². The summed E-state index contributed by atoms with van der Waals surface area (Å²) in [4.78, 5) is 61.0. The molecular weight excluding hydrogens is 617 g/mol. The quantitative estimate of drug-likeness (QED) is 0.165. The van der Waals surface area contributed by atoms with Crippen LogP contribution in [0.15, 0.2) is 67.5 Å². The van der Waals surface area contributed by atoms with E-state index in [9.17, 15) is 19.2 Å². The van der Waals surface area contributed by atoms with Gasteiger partial charge in [-0.05, 0) is 38.2 Å². The lowest BCUT2D eigenvalue weighted by atomic mass is 10.0. The number of hydrogen-bond acceptors (Lipinski definition) is 9. The summed E-state index contributed by atoms with van der Waals surface area (Å²) in [6, 6.07) is 10.9. The van der Waals surface area contributed by atoms with Crippen LogP contribution in [-0.4, -0.2) is 92.7 Å². The topological polar surface area (TPSA) is 117 Å². The molecule has 11 nitrogen and oxygen atoms in total. The van der Waals surface area contributed by atoms with Gasteiger partial charge in [-0.3, -0.25) is 24.1 Å². The van der Waals surface area contributed by atoms with E-state index in [-0.39, 0.29) is 49.4 Å². The summed E-state index contributed by atoms with van der Waals surface area (Å²) in [5.74, 6) is -1.22. The van der Waals surface area contributed by atoms with Crippen molar-refractivity contribution in [2.45, 2.75) is 6.42 Å². The molecule has 246 valence electrons. The number of anilines is 1. The third-order valence-electron chi connectivity index (χ3n) is 9.75. The smallest absolute Gasteiger partial charge is 0.256 e. The monoisotopic (exact) mass is 651 g/mol. The number of carbonyl (C=O) groups is 1. The molecule has 0 saturated carbocycles. The third-order valence-corrected chi connectivity index (χ3v) is 9.75. The molecule has 0 atom stereocenters. The Balaban J connectivity index is 1.33. The molecule has 2 saturated heterocycles. The van der Waals surface area contributed by atoms with Crippen molar-refractivity contribution < 1.29 is 18.3 Å². The fourth-order valence-corrected chi connectivity index (χ4v) is 7.11. The summed E-state index contributed by atoms with van der Waals surface area (Å²) < 4.78 is 29.6. The van der Waals surface area contributed by atoms with Gasteiger partial charge in [-0.2, -0.15) is 0 Å². The Hall–Kier alpha value is -4.91. The maximum Gasteiger partial charge on any atom is 0.256 e. The lowest BCUT2D eigenvalue weighted by molar-refractivity contribution is 0.0374. The number of rotatable bonds is 6. The number of halogens is 1. The van der Waals surface area contributed by atoms with E-state index in [0.29, 0.717) is 74.2 Å². The number of piperazine rings is 1. The summed E-state index contributed by atoms with van der Waals surface area (Å²) in [6.45, 7) is 6.62.